The number of rotatable bonds is 11. The molecule has 5 nitrogen and oxygen atoms in total. The summed E-state index contributed by atoms with van der Waals surface area (Å²) in [6, 6.07) is 25.1. The fourth-order valence-electron chi connectivity index (χ4n) is 4.11. The average molecular weight is 468 g/mol. The van der Waals surface area contributed by atoms with Crippen LogP contribution < -0.4 is 10.1 Å². The van der Waals surface area contributed by atoms with Crippen LogP contribution in [-0.4, -0.2) is 29.1 Å². The summed E-state index contributed by atoms with van der Waals surface area (Å²) in [5.41, 5.74) is 6.39. The molecular formula is C30H33N3O2. The lowest BCUT2D eigenvalue weighted by Crippen LogP contribution is -2.26. The van der Waals surface area contributed by atoms with Crippen LogP contribution in [0.25, 0.3) is 16.8 Å². The third kappa shape index (κ3) is 6.38. The number of amides is 1. The van der Waals surface area contributed by atoms with Crippen molar-refractivity contribution in [1.82, 2.24) is 14.9 Å². The van der Waals surface area contributed by atoms with Gasteiger partial charge in [-0.2, -0.15) is 0 Å². The molecule has 0 unspecified atom stereocenters. The molecule has 3 aromatic carbocycles. The molecule has 0 aliphatic rings. The summed E-state index contributed by atoms with van der Waals surface area (Å²) in [7, 11) is 1.66. The Hall–Kier alpha value is -3.86. The largest absolute Gasteiger partial charge is 0.497 e. The highest BCUT2D eigenvalue weighted by atomic mass is 16.5. The highest BCUT2D eigenvalue weighted by molar-refractivity contribution is 5.93. The molecular weight excluding hydrogens is 434 g/mol. The van der Waals surface area contributed by atoms with E-state index in [0.717, 1.165) is 36.3 Å². The van der Waals surface area contributed by atoms with E-state index in [1.54, 1.807) is 19.6 Å². The Morgan fingerprint density at radius 1 is 0.857 bits per heavy atom. The van der Waals surface area contributed by atoms with Gasteiger partial charge in [0.1, 0.15) is 11.4 Å². The van der Waals surface area contributed by atoms with Crippen LogP contribution in [0.5, 0.6) is 5.75 Å². The Bertz CT molecular complexity index is 1210. The molecule has 0 spiro atoms. The molecule has 4 rings (SSSR count). The summed E-state index contributed by atoms with van der Waals surface area (Å²) >= 11 is 0. The first-order valence-electron chi connectivity index (χ1n) is 12.3. The van der Waals surface area contributed by atoms with E-state index in [-0.39, 0.29) is 5.91 Å². The van der Waals surface area contributed by atoms with Crippen molar-refractivity contribution in [2.24, 2.45) is 0 Å². The molecule has 1 heterocycles. The summed E-state index contributed by atoms with van der Waals surface area (Å²) in [6.45, 7) is 2.82. The number of hydrogen-bond donors (Lipinski definition) is 1. The Balaban J connectivity index is 1.34. The van der Waals surface area contributed by atoms with Crippen LogP contribution in [-0.2, 0) is 12.8 Å². The quantitative estimate of drug-likeness (QED) is 0.265. The number of ether oxygens (including phenoxy) is 1. The van der Waals surface area contributed by atoms with Crippen molar-refractivity contribution in [3.8, 4) is 22.6 Å². The Morgan fingerprint density at radius 2 is 1.46 bits per heavy atom. The topological polar surface area (TPSA) is 56.2 Å². The molecule has 0 atom stereocenters. The van der Waals surface area contributed by atoms with Crippen molar-refractivity contribution in [3.05, 3.63) is 102 Å². The number of hydrogen-bond acceptors (Lipinski definition) is 3. The third-order valence-corrected chi connectivity index (χ3v) is 6.21. The van der Waals surface area contributed by atoms with Crippen molar-refractivity contribution in [3.63, 3.8) is 0 Å². The summed E-state index contributed by atoms with van der Waals surface area (Å²) in [4.78, 5) is 17.0. The van der Waals surface area contributed by atoms with E-state index in [9.17, 15) is 4.79 Å². The number of aryl methyl sites for hydroxylation is 2. The van der Waals surface area contributed by atoms with Crippen LogP contribution >= 0.6 is 0 Å². The first kappa shape index (κ1) is 24.3. The molecule has 35 heavy (non-hydrogen) atoms. The Labute approximate surface area is 207 Å². The highest BCUT2D eigenvalue weighted by Gasteiger charge is 2.13. The molecule has 1 aromatic heterocycles. The predicted octanol–water partition coefficient (Wildman–Crippen LogP) is 6.25. The number of carbonyl (C=O) groups is 1. The fraction of sp³-hybridized carbons (Fsp3) is 0.267. The number of imidazole rings is 1. The maximum atomic E-state index is 12.8. The van der Waals surface area contributed by atoms with Crippen molar-refractivity contribution >= 4 is 5.91 Å². The Morgan fingerprint density at radius 3 is 2.09 bits per heavy atom. The van der Waals surface area contributed by atoms with Crippen LogP contribution in [0, 0.1) is 0 Å². The number of nitrogens with zero attached hydrogens (tertiary/aromatic N) is 2. The van der Waals surface area contributed by atoms with E-state index < -0.39 is 0 Å². The lowest BCUT2D eigenvalue weighted by molar-refractivity contribution is 0.0946. The van der Waals surface area contributed by atoms with Gasteiger partial charge in [-0.1, -0.05) is 61.9 Å². The van der Waals surface area contributed by atoms with Gasteiger partial charge in [-0.3, -0.25) is 9.36 Å². The van der Waals surface area contributed by atoms with E-state index >= 15 is 0 Å². The second-order valence-electron chi connectivity index (χ2n) is 8.70. The van der Waals surface area contributed by atoms with Crippen LogP contribution in [0.4, 0.5) is 0 Å². The summed E-state index contributed by atoms with van der Waals surface area (Å²) < 4.78 is 7.02. The van der Waals surface area contributed by atoms with Gasteiger partial charge >= 0.3 is 0 Å². The standard InChI is InChI=1S/C30H33N3O2/c1-3-4-6-23-8-12-25(13-9-23)26-14-16-27(17-15-26)33-22-31-21-29(33)30(34)32-20-5-7-24-10-18-28(35-2)19-11-24/h8-19,21-22H,3-7,20H2,1-2H3,(H,32,34). The van der Waals surface area contributed by atoms with Crippen LogP contribution in [0.2, 0.25) is 0 Å². The summed E-state index contributed by atoms with van der Waals surface area (Å²) in [6.07, 6.45) is 8.61. The van der Waals surface area contributed by atoms with Gasteiger partial charge in [0, 0.05) is 12.2 Å². The van der Waals surface area contributed by atoms with Gasteiger partial charge in [-0.05, 0) is 72.2 Å². The molecule has 180 valence electrons. The molecule has 0 aliphatic carbocycles. The zero-order valence-corrected chi connectivity index (χ0v) is 20.5. The van der Waals surface area contributed by atoms with E-state index in [0.29, 0.717) is 12.2 Å². The van der Waals surface area contributed by atoms with E-state index in [1.165, 1.54) is 29.5 Å². The number of methoxy groups -OCH3 is 1. The molecule has 1 N–H and O–H groups in total. The average Bonchev–Trinajstić information content (AvgIpc) is 3.41. The van der Waals surface area contributed by atoms with Crippen LogP contribution in [0.1, 0.15) is 47.8 Å². The van der Waals surface area contributed by atoms with Gasteiger partial charge in [-0.15, -0.1) is 0 Å². The van der Waals surface area contributed by atoms with Crippen molar-refractivity contribution < 1.29 is 9.53 Å². The van der Waals surface area contributed by atoms with Crippen molar-refractivity contribution in [2.45, 2.75) is 39.0 Å². The molecule has 0 fully saturated rings. The number of nitrogens with one attached hydrogen (secondary N) is 1. The maximum absolute atomic E-state index is 12.8. The zero-order valence-electron chi connectivity index (χ0n) is 20.5. The van der Waals surface area contributed by atoms with Gasteiger partial charge in [0.15, 0.2) is 0 Å². The lowest BCUT2D eigenvalue weighted by Gasteiger charge is -2.10. The molecule has 0 saturated carbocycles. The minimum absolute atomic E-state index is 0.121. The normalized spacial score (nSPS) is 10.8. The minimum Gasteiger partial charge on any atom is -0.497 e. The van der Waals surface area contributed by atoms with Crippen molar-refractivity contribution in [2.75, 3.05) is 13.7 Å². The zero-order chi connectivity index (χ0) is 24.5. The first-order chi connectivity index (χ1) is 17.2. The highest BCUT2D eigenvalue weighted by Crippen LogP contribution is 2.23. The van der Waals surface area contributed by atoms with E-state index in [1.807, 2.05) is 28.8 Å². The van der Waals surface area contributed by atoms with E-state index in [4.69, 9.17) is 4.74 Å². The molecule has 4 aromatic rings. The molecule has 0 saturated heterocycles. The molecule has 0 radical (unpaired) electrons. The van der Waals surface area contributed by atoms with Gasteiger partial charge in [0.05, 0.1) is 19.6 Å². The van der Waals surface area contributed by atoms with Crippen LogP contribution in [0.15, 0.2) is 85.3 Å². The molecule has 0 bridgehead atoms. The maximum Gasteiger partial charge on any atom is 0.269 e. The third-order valence-electron chi connectivity index (χ3n) is 6.21. The number of benzene rings is 3. The lowest BCUT2D eigenvalue weighted by atomic mass is 10.0. The number of carbonyl (C=O) groups excluding carboxylic acids is 1. The number of aromatic nitrogens is 2. The summed E-state index contributed by atoms with van der Waals surface area (Å²) in [5, 5.41) is 3.02. The molecule has 5 heteroatoms. The smallest absolute Gasteiger partial charge is 0.269 e. The number of unbranched alkanes of at least 4 members (excludes halogenated alkanes) is 1. The van der Waals surface area contributed by atoms with Gasteiger partial charge in [0.25, 0.3) is 5.91 Å². The SMILES string of the molecule is CCCCc1ccc(-c2ccc(-n3cncc3C(=O)NCCCc3ccc(OC)cc3)cc2)cc1. The predicted molar refractivity (Wildman–Crippen MR) is 141 cm³/mol. The van der Waals surface area contributed by atoms with Crippen molar-refractivity contribution in [1.29, 1.82) is 0 Å². The molecule has 1 amide bonds. The van der Waals surface area contributed by atoms with E-state index in [2.05, 4.69) is 65.8 Å². The molecule has 0 aliphatic heterocycles. The van der Waals surface area contributed by atoms with Gasteiger partial charge in [-0.25, -0.2) is 4.98 Å². The van der Waals surface area contributed by atoms with Gasteiger partial charge in [0.2, 0.25) is 0 Å². The monoisotopic (exact) mass is 467 g/mol. The second-order valence-corrected chi connectivity index (χ2v) is 8.70. The Kier molecular flexibility index (Phi) is 8.34. The summed E-state index contributed by atoms with van der Waals surface area (Å²) in [5.74, 6) is 0.729. The van der Waals surface area contributed by atoms with Gasteiger partial charge < -0.3 is 10.1 Å². The minimum atomic E-state index is -0.121. The fourth-order valence-corrected chi connectivity index (χ4v) is 4.11. The first-order valence-corrected chi connectivity index (χ1v) is 12.3. The van der Waals surface area contributed by atoms with Crippen LogP contribution in [0.3, 0.4) is 0 Å². The second kappa shape index (κ2) is 12.0.